The summed E-state index contributed by atoms with van der Waals surface area (Å²) in [5.74, 6) is 1.90. The second-order valence-corrected chi connectivity index (χ2v) is 9.66. The highest BCUT2D eigenvalue weighted by atomic mass is 35.5. The molecule has 6 nitrogen and oxygen atoms in total. The number of methoxy groups -OCH3 is 1. The zero-order chi connectivity index (χ0) is 22.1. The molecule has 1 unspecified atom stereocenters. The summed E-state index contributed by atoms with van der Waals surface area (Å²) in [6.45, 7) is 4.97. The van der Waals surface area contributed by atoms with E-state index in [2.05, 4.69) is 53.4 Å². The molecule has 1 N–H and O–H groups in total. The second kappa shape index (κ2) is 11.4. The number of piperazine rings is 1. The van der Waals surface area contributed by atoms with Crippen LogP contribution in [0.2, 0.25) is 0 Å². The van der Waals surface area contributed by atoms with Gasteiger partial charge in [-0.25, -0.2) is 9.98 Å². The number of nitrogens with one attached hydrogen (secondary N) is 1. The highest BCUT2D eigenvalue weighted by molar-refractivity contribution is 7.16. The molecule has 1 fully saturated rings. The summed E-state index contributed by atoms with van der Waals surface area (Å²) < 4.78 is 5.29. The fourth-order valence-corrected chi connectivity index (χ4v) is 5.25. The molecule has 9 heteroatoms. The zero-order valence-electron chi connectivity index (χ0n) is 19.7. The molecule has 3 heterocycles. The van der Waals surface area contributed by atoms with Crippen LogP contribution < -0.4 is 10.1 Å². The molecule has 182 valence electrons. The summed E-state index contributed by atoms with van der Waals surface area (Å²) in [6, 6.07) is 17.1. The van der Waals surface area contributed by atoms with Crippen LogP contribution in [0.15, 0.2) is 53.5 Å². The number of aryl methyl sites for hydroxylation is 2. The van der Waals surface area contributed by atoms with E-state index in [1.165, 1.54) is 5.56 Å². The number of aromatic nitrogens is 1. The Labute approximate surface area is 217 Å². The Bertz CT molecular complexity index is 1130. The van der Waals surface area contributed by atoms with Crippen molar-refractivity contribution < 1.29 is 4.74 Å². The van der Waals surface area contributed by atoms with E-state index in [1.54, 1.807) is 18.4 Å². The van der Waals surface area contributed by atoms with Gasteiger partial charge in [-0.15, -0.1) is 36.2 Å². The van der Waals surface area contributed by atoms with Crippen molar-refractivity contribution in [1.82, 2.24) is 14.8 Å². The Kier molecular flexibility index (Phi) is 8.82. The summed E-state index contributed by atoms with van der Waals surface area (Å²) in [5.41, 5.74) is 4.33. The minimum Gasteiger partial charge on any atom is -0.497 e. The van der Waals surface area contributed by atoms with Crippen molar-refractivity contribution in [2.75, 3.05) is 39.1 Å². The molecule has 1 atom stereocenters. The van der Waals surface area contributed by atoms with Gasteiger partial charge in [-0.1, -0.05) is 24.3 Å². The number of likely N-dealkylation sites (N-methyl/N-ethyl adjacent to an activating group) is 1. The number of fused-ring (bicyclic) bond motifs is 2. The van der Waals surface area contributed by atoms with Crippen LogP contribution >= 0.6 is 36.2 Å². The van der Waals surface area contributed by atoms with Crippen LogP contribution in [0.4, 0.5) is 16.4 Å². The maximum absolute atomic E-state index is 5.29. The number of anilines is 2. The van der Waals surface area contributed by atoms with Crippen LogP contribution in [0.25, 0.3) is 0 Å². The number of aliphatic imine (C=N–C) groups is 1. The molecule has 0 spiro atoms. The Hall–Kier alpha value is -2.32. The molecule has 0 aliphatic carbocycles. The first kappa shape index (κ1) is 26.3. The van der Waals surface area contributed by atoms with Gasteiger partial charge in [0.25, 0.3) is 0 Å². The van der Waals surface area contributed by atoms with E-state index in [9.17, 15) is 0 Å². The molecule has 1 saturated heterocycles. The van der Waals surface area contributed by atoms with E-state index >= 15 is 0 Å². The molecule has 2 aliphatic heterocycles. The predicted octanol–water partition coefficient (Wildman–Crippen LogP) is 5.69. The topological polar surface area (TPSA) is 53.0 Å². The SMILES string of the molecule is COc1ccc(CCC2CN(C3=Nc4ccccc4Nc4sc(C)nc43)CCN2C)cc1.Cl.Cl. The maximum atomic E-state index is 5.29. The molecule has 0 saturated carbocycles. The summed E-state index contributed by atoms with van der Waals surface area (Å²) in [7, 11) is 3.94. The van der Waals surface area contributed by atoms with E-state index in [0.717, 1.165) is 71.1 Å². The second-order valence-electron chi connectivity index (χ2n) is 8.46. The van der Waals surface area contributed by atoms with Crippen LogP contribution in [-0.2, 0) is 6.42 Å². The number of hydrogen-bond donors (Lipinski definition) is 1. The smallest absolute Gasteiger partial charge is 0.158 e. The van der Waals surface area contributed by atoms with Crippen molar-refractivity contribution in [2.24, 2.45) is 4.99 Å². The largest absolute Gasteiger partial charge is 0.497 e. The summed E-state index contributed by atoms with van der Waals surface area (Å²) in [4.78, 5) is 14.9. The Balaban J connectivity index is 0.00000162. The number of nitrogens with zero attached hydrogens (tertiary/aromatic N) is 4. The predicted molar refractivity (Wildman–Crippen MR) is 147 cm³/mol. The number of hydrogen-bond acceptors (Lipinski definition) is 7. The van der Waals surface area contributed by atoms with Crippen LogP contribution in [0, 0.1) is 6.92 Å². The highest BCUT2D eigenvalue weighted by Crippen LogP contribution is 2.37. The Morgan fingerprint density at radius 1 is 1.09 bits per heavy atom. The number of para-hydroxylation sites is 2. The fraction of sp³-hybridized carbons (Fsp3) is 0.360. The number of amidine groups is 1. The first-order valence-electron chi connectivity index (χ1n) is 11.1. The highest BCUT2D eigenvalue weighted by Gasteiger charge is 2.30. The van der Waals surface area contributed by atoms with Gasteiger partial charge in [-0.05, 0) is 56.6 Å². The van der Waals surface area contributed by atoms with Gasteiger partial charge in [0.05, 0.1) is 23.5 Å². The van der Waals surface area contributed by atoms with Gasteiger partial charge in [0.15, 0.2) is 5.84 Å². The van der Waals surface area contributed by atoms with Gasteiger partial charge in [-0.2, -0.15) is 0 Å². The standard InChI is InChI=1S/C25H29N5OS.2ClH/c1-17-26-23-24(27-21-6-4-5-7-22(21)28-25(23)32-17)30-15-14-29(2)19(16-30)11-8-18-9-12-20(31-3)13-10-18;;/h4-7,9-10,12-13,19,28H,8,11,14-16H2,1-3H3;2*1H. The van der Waals surface area contributed by atoms with Crippen LogP contribution in [0.5, 0.6) is 5.75 Å². The van der Waals surface area contributed by atoms with Crippen LogP contribution in [0.3, 0.4) is 0 Å². The van der Waals surface area contributed by atoms with Gasteiger partial charge in [0.2, 0.25) is 0 Å². The Morgan fingerprint density at radius 3 is 2.62 bits per heavy atom. The average molecular weight is 521 g/mol. The minimum atomic E-state index is 0. The Morgan fingerprint density at radius 2 is 1.85 bits per heavy atom. The molecule has 0 bridgehead atoms. The van der Waals surface area contributed by atoms with Crippen LogP contribution in [0.1, 0.15) is 22.7 Å². The third-order valence-corrected chi connectivity index (χ3v) is 7.21. The van der Waals surface area contributed by atoms with Crippen molar-refractivity contribution in [1.29, 1.82) is 0 Å². The lowest BCUT2D eigenvalue weighted by Crippen LogP contribution is -2.53. The molecule has 5 rings (SSSR count). The van der Waals surface area contributed by atoms with E-state index in [0.29, 0.717) is 6.04 Å². The summed E-state index contributed by atoms with van der Waals surface area (Å²) in [6.07, 6.45) is 2.15. The van der Waals surface area contributed by atoms with Gasteiger partial charge >= 0.3 is 0 Å². The lowest BCUT2D eigenvalue weighted by Gasteiger charge is -2.40. The average Bonchev–Trinajstić information content (AvgIpc) is 3.10. The van der Waals surface area contributed by atoms with Crippen molar-refractivity contribution in [3.63, 3.8) is 0 Å². The normalized spacial score (nSPS) is 17.2. The fourth-order valence-electron chi connectivity index (χ4n) is 4.43. The van der Waals surface area contributed by atoms with Crippen molar-refractivity contribution in [3.05, 3.63) is 64.8 Å². The van der Waals surface area contributed by atoms with Gasteiger partial charge < -0.3 is 15.0 Å². The molecule has 2 aromatic carbocycles. The van der Waals surface area contributed by atoms with Crippen molar-refractivity contribution in [3.8, 4) is 5.75 Å². The van der Waals surface area contributed by atoms with Crippen molar-refractivity contribution >= 4 is 58.4 Å². The number of halogens is 2. The molecular formula is C25H31Cl2N5OS. The van der Waals surface area contributed by atoms with E-state index in [-0.39, 0.29) is 24.8 Å². The van der Waals surface area contributed by atoms with E-state index in [4.69, 9.17) is 14.7 Å². The number of thiazole rings is 1. The van der Waals surface area contributed by atoms with Gasteiger partial charge in [0, 0.05) is 25.7 Å². The number of benzene rings is 2. The molecule has 0 radical (unpaired) electrons. The summed E-state index contributed by atoms with van der Waals surface area (Å²) >= 11 is 1.70. The van der Waals surface area contributed by atoms with Crippen LogP contribution in [-0.4, -0.2) is 60.5 Å². The van der Waals surface area contributed by atoms with E-state index in [1.807, 2.05) is 24.3 Å². The first-order valence-corrected chi connectivity index (χ1v) is 11.9. The third kappa shape index (κ3) is 5.49. The molecule has 0 amide bonds. The number of ether oxygens (including phenoxy) is 1. The van der Waals surface area contributed by atoms with Crippen molar-refractivity contribution in [2.45, 2.75) is 25.8 Å². The van der Waals surface area contributed by atoms with E-state index < -0.39 is 0 Å². The lowest BCUT2D eigenvalue weighted by molar-refractivity contribution is 0.134. The van der Waals surface area contributed by atoms with Gasteiger partial charge in [0.1, 0.15) is 16.4 Å². The lowest BCUT2D eigenvalue weighted by atomic mass is 10.0. The molecular weight excluding hydrogens is 489 g/mol. The number of rotatable bonds is 4. The summed E-state index contributed by atoms with van der Waals surface area (Å²) in [5, 5.41) is 5.70. The molecule has 34 heavy (non-hydrogen) atoms. The molecule has 1 aromatic heterocycles. The third-order valence-electron chi connectivity index (χ3n) is 6.33. The zero-order valence-corrected chi connectivity index (χ0v) is 22.1. The van der Waals surface area contributed by atoms with Gasteiger partial charge in [-0.3, -0.25) is 4.90 Å². The minimum absolute atomic E-state index is 0. The molecule has 2 aliphatic rings. The quantitative estimate of drug-likeness (QED) is 0.479. The first-order chi connectivity index (χ1) is 15.6. The monoisotopic (exact) mass is 519 g/mol. The maximum Gasteiger partial charge on any atom is 0.158 e. The molecule has 3 aromatic rings.